The molecule has 16 nitrogen and oxygen atoms in total. The van der Waals surface area contributed by atoms with E-state index >= 15 is 4.79 Å². The van der Waals surface area contributed by atoms with Crippen LogP contribution in [0.2, 0.25) is 0 Å². The fourth-order valence-electron chi connectivity index (χ4n) is 9.13. The van der Waals surface area contributed by atoms with Crippen LogP contribution < -0.4 is 21.3 Å². The van der Waals surface area contributed by atoms with E-state index in [1.165, 1.54) is 23.5 Å². The number of likely N-dealkylation sites (tertiary alicyclic amines) is 1. The van der Waals surface area contributed by atoms with Crippen molar-refractivity contribution in [1.29, 1.82) is 0 Å². The van der Waals surface area contributed by atoms with E-state index in [0.29, 0.717) is 32.2 Å². The van der Waals surface area contributed by atoms with Crippen LogP contribution in [0, 0.1) is 23.7 Å². The largest absolute Gasteiger partial charge is 0.347 e. The summed E-state index contributed by atoms with van der Waals surface area (Å²) in [5.41, 5.74) is -1.95. The normalized spacial score (nSPS) is 25.3. The van der Waals surface area contributed by atoms with Crippen molar-refractivity contribution in [3.63, 3.8) is 0 Å². The predicted molar refractivity (Wildman–Crippen MR) is 207 cm³/mol. The van der Waals surface area contributed by atoms with Gasteiger partial charge in [-0.25, -0.2) is 4.98 Å². The monoisotopic (exact) mass is 787 g/mol. The molecular formula is C41H57N9O7. The van der Waals surface area contributed by atoms with Crippen LogP contribution >= 0.6 is 0 Å². The first kappa shape index (κ1) is 41.7. The Morgan fingerprint density at radius 3 is 2.35 bits per heavy atom. The van der Waals surface area contributed by atoms with E-state index in [9.17, 15) is 28.8 Å². The van der Waals surface area contributed by atoms with Gasteiger partial charge in [-0.05, 0) is 56.3 Å². The van der Waals surface area contributed by atoms with Gasteiger partial charge in [-0.15, -0.1) is 6.42 Å². The average molecular weight is 788 g/mol. The van der Waals surface area contributed by atoms with Crippen LogP contribution in [-0.2, 0) is 28.8 Å². The quantitative estimate of drug-likeness (QED) is 0.156. The Bertz CT molecular complexity index is 1770. The smallest absolute Gasteiger partial charge is 0.289 e. The second-order valence-corrected chi connectivity index (χ2v) is 17.4. The van der Waals surface area contributed by atoms with Crippen molar-refractivity contribution in [2.75, 3.05) is 19.6 Å². The second-order valence-electron chi connectivity index (χ2n) is 17.4. The maximum Gasteiger partial charge on any atom is 0.289 e. The summed E-state index contributed by atoms with van der Waals surface area (Å²) in [7, 11) is 0. The van der Waals surface area contributed by atoms with Gasteiger partial charge in [0.2, 0.25) is 29.4 Å². The molecule has 1 aromatic rings. The minimum atomic E-state index is -1.18. The van der Waals surface area contributed by atoms with E-state index in [2.05, 4.69) is 37.2 Å². The van der Waals surface area contributed by atoms with Gasteiger partial charge in [-0.2, -0.15) is 0 Å². The van der Waals surface area contributed by atoms with Gasteiger partial charge >= 0.3 is 0 Å². The Hall–Kier alpha value is -4.91. The van der Waals surface area contributed by atoms with Gasteiger partial charge in [-0.3, -0.25) is 43.4 Å². The maximum absolute atomic E-state index is 15.2. The summed E-state index contributed by atoms with van der Waals surface area (Å²) in [5.74, 6) is -1.58. The summed E-state index contributed by atoms with van der Waals surface area (Å²) in [6, 6.07) is -4.98. The molecule has 0 aromatic carbocycles. The predicted octanol–water partition coefficient (Wildman–Crippen LogP) is 1.06. The number of Topliss-reactive ketones (excluding diaryl/α,β-unsaturated/α-hetero) is 1. The SMILES string of the molecule is C#CCN1C(=O)[C@H]2CCCN2C12C[C@@H](C(=O)NC(CCC)C(=O)C(=O)NC1CC1)N(C(=O)[C@@H](NC(=O)[C@@H](NC(=O)c1cnccn1)C1CCCCC1)C(C)(C)C)C2. The van der Waals surface area contributed by atoms with E-state index in [1.807, 2.05) is 11.8 Å². The lowest BCUT2D eigenvalue weighted by Crippen LogP contribution is -2.62. The van der Waals surface area contributed by atoms with Crippen molar-refractivity contribution in [2.24, 2.45) is 11.3 Å². The Labute approximate surface area is 334 Å². The molecule has 2 saturated carbocycles. The zero-order chi connectivity index (χ0) is 41.1. The van der Waals surface area contributed by atoms with Gasteiger partial charge in [0, 0.05) is 31.4 Å². The van der Waals surface area contributed by atoms with Gasteiger partial charge in [-0.1, -0.05) is 59.3 Å². The van der Waals surface area contributed by atoms with Crippen molar-refractivity contribution in [3.8, 4) is 12.3 Å². The van der Waals surface area contributed by atoms with Gasteiger partial charge in [0.15, 0.2) is 0 Å². The molecule has 2 unspecified atom stereocenters. The fraction of sp³-hybridized carbons (Fsp3) is 0.683. The highest BCUT2D eigenvalue weighted by atomic mass is 16.2. The van der Waals surface area contributed by atoms with Crippen LogP contribution in [0.4, 0.5) is 0 Å². The number of carbonyl (C=O) groups is 7. The third-order valence-electron chi connectivity index (χ3n) is 12.2. The lowest BCUT2D eigenvalue weighted by molar-refractivity contribution is -0.145. The molecule has 6 atom stereocenters. The molecule has 6 rings (SSSR count). The average Bonchev–Trinajstić information content (AvgIpc) is 3.62. The second kappa shape index (κ2) is 17.3. The van der Waals surface area contributed by atoms with E-state index in [4.69, 9.17) is 6.42 Å². The molecule has 2 aliphatic carbocycles. The molecule has 3 aliphatic heterocycles. The molecule has 0 bridgehead atoms. The van der Waals surface area contributed by atoms with Crippen molar-refractivity contribution in [1.82, 2.24) is 45.9 Å². The third-order valence-corrected chi connectivity index (χ3v) is 12.2. The molecule has 6 amide bonds. The zero-order valence-corrected chi connectivity index (χ0v) is 33.6. The Kier molecular flexibility index (Phi) is 12.7. The molecule has 5 aliphatic rings. The molecule has 308 valence electrons. The lowest BCUT2D eigenvalue weighted by atomic mass is 9.82. The molecule has 3 saturated heterocycles. The minimum Gasteiger partial charge on any atom is -0.347 e. The summed E-state index contributed by atoms with van der Waals surface area (Å²) in [6.45, 7) is 7.71. The van der Waals surface area contributed by atoms with Crippen LogP contribution in [0.25, 0.3) is 0 Å². The van der Waals surface area contributed by atoms with Crippen molar-refractivity contribution < 1.29 is 33.6 Å². The van der Waals surface area contributed by atoms with Gasteiger partial charge in [0.25, 0.3) is 11.8 Å². The minimum absolute atomic E-state index is 0.0134. The number of fused-ring (bicyclic) bond motifs is 2. The number of rotatable bonds is 14. The Balaban J connectivity index is 1.32. The maximum atomic E-state index is 15.2. The number of hydrogen-bond acceptors (Lipinski definition) is 10. The number of nitrogens with one attached hydrogen (secondary N) is 4. The molecule has 5 fully saturated rings. The molecule has 1 spiro atoms. The van der Waals surface area contributed by atoms with Gasteiger partial charge < -0.3 is 31.1 Å². The van der Waals surface area contributed by atoms with Crippen LogP contribution in [-0.4, -0.2) is 127 Å². The fourth-order valence-corrected chi connectivity index (χ4v) is 9.13. The molecule has 1 aromatic heterocycles. The van der Waals surface area contributed by atoms with Crippen molar-refractivity contribution in [3.05, 3.63) is 24.3 Å². The zero-order valence-electron chi connectivity index (χ0n) is 33.6. The third kappa shape index (κ3) is 8.83. The Morgan fingerprint density at radius 2 is 1.72 bits per heavy atom. The summed E-state index contributed by atoms with van der Waals surface area (Å²) in [5, 5.41) is 11.4. The van der Waals surface area contributed by atoms with Crippen LogP contribution in [0.5, 0.6) is 0 Å². The van der Waals surface area contributed by atoms with E-state index < -0.39 is 76.6 Å². The van der Waals surface area contributed by atoms with Crippen LogP contribution in [0.3, 0.4) is 0 Å². The number of amides is 6. The molecule has 4 heterocycles. The summed E-state index contributed by atoms with van der Waals surface area (Å²) < 4.78 is 0. The first-order chi connectivity index (χ1) is 27.2. The van der Waals surface area contributed by atoms with Crippen LogP contribution in [0.1, 0.15) is 115 Å². The van der Waals surface area contributed by atoms with Crippen LogP contribution in [0.15, 0.2) is 18.6 Å². The number of nitrogens with zero attached hydrogens (tertiary/aromatic N) is 5. The summed E-state index contributed by atoms with van der Waals surface area (Å²) in [6.07, 6.45) is 17.8. The molecule has 4 N–H and O–H groups in total. The summed E-state index contributed by atoms with van der Waals surface area (Å²) >= 11 is 0. The Morgan fingerprint density at radius 1 is 0.982 bits per heavy atom. The number of ketones is 1. The number of terminal acetylenes is 1. The highest BCUT2D eigenvalue weighted by Gasteiger charge is 2.64. The highest BCUT2D eigenvalue weighted by molar-refractivity contribution is 6.38. The van der Waals surface area contributed by atoms with Gasteiger partial charge in [0.1, 0.15) is 29.5 Å². The number of carbonyl (C=O) groups excluding carboxylic acids is 7. The van der Waals surface area contributed by atoms with E-state index in [0.717, 1.165) is 38.5 Å². The van der Waals surface area contributed by atoms with E-state index in [-0.39, 0.29) is 49.5 Å². The molecule has 57 heavy (non-hydrogen) atoms. The standard InChI is InChI=1S/C41H57N9O7/c1-6-12-27(32(51)37(55)44-26-16-17-26)45-35(53)30-22-41(49-21-11-15-29(49)38(56)50(41)20-7-2)24-48(30)39(57)33(40(3,4)5)47-36(54)31(25-13-9-8-10-14-25)46-34(52)28-23-42-18-19-43-28/h2,18-19,23,25-27,29-31,33H,6,8-17,20-22,24H2,1,3-5H3,(H,44,55)(H,45,53)(H,46,52)(H,47,54)/t27?,29-,30+,31+,33-,41?/m1/s1. The van der Waals surface area contributed by atoms with E-state index in [1.54, 1.807) is 25.7 Å². The lowest BCUT2D eigenvalue weighted by Gasteiger charge is -2.40. The first-order valence-electron chi connectivity index (χ1n) is 20.5. The summed E-state index contributed by atoms with van der Waals surface area (Å²) in [4.78, 5) is 111. The molecular weight excluding hydrogens is 731 g/mol. The molecule has 16 heteroatoms. The topological polar surface area (TPSA) is 203 Å². The first-order valence-corrected chi connectivity index (χ1v) is 20.5. The number of aromatic nitrogens is 2. The van der Waals surface area contributed by atoms with Crippen molar-refractivity contribution in [2.45, 2.75) is 147 Å². The van der Waals surface area contributed by atoms with Crippen molar-refractivity contribution >= 4 is 41.2 Å². The highest BCUT2D eigenvalue weighted by Crippen LogP contribution is 2.46. The number of hydrogen-bond donors (Lipinski definition) is 4. The van der Waals surface area contributed by atoms with Gasteiger partial charge in [0.05, 0.1) is 31.4 Å². The molecule has 0 radical (unpaired) electrons.